The Labute approximate surface area is 39.0 Å². The summed E-state index contributed by atoms with van der Waals surface area (Å²) in [5, 5.41) is 0. The molecule has 0 aromatic rings. The van der Waals surface area contributed by atoms with Gasteiger partial charge in [-0.3, -0.25) is 0 Å². The van der Waals surface area contributed by atoms with Gasteiger partial charge >= 0.3 is 0 Å². The smallest absolute Gasteiger partial charge is 0.0652 e. The SMILES string of the molecule is CCCC[SH2+]. The van der Waals surface area contributed by atoms with E-state index in [0.29, 0.717) is 0 Å². The summed E-state index contributed by atoms with van der Waals surface area (Å²) < 4.78 is 0. The summed E-state index contributed by atoms with van der Waals surface area (Å²) in [7, 11) is 0. The third-order valence-electron chi connectivity index (χ3n) is 0.530. The Morgan fingerprint density at radius 1 is 1.60 bits per heavy atom. The molecule has 0 fully saturated rings. The Kier molecular flexibility index (Phi) is 4.65. The quantitative estimate of drug-likeness (QED) is 0.441. The van der Waals surface area contributed by atoms with E-state index in [9.17, 15) is 0 Å². The lowest BCUT2D eigenvalue weighted by atomic mass is 10.4. The predicted octanol–water partition coefficient (Wildman–Crippen LogP) is 0.798. The van der Waals surface area contributed by atoms with Gasteiger partial charge in [0.2, 0.25) is 0 Å². The fourth-order valence-electron chi connectivity index (χ4n) is 0.177. The normalized spacial score (nSPS) is 8.40. The Balaban J connectivity index is 2.19. The van der Waals surface area contributed by atoms with Gasteiger partial charge in [0.15, 0.2) is 0 Å². The molecule has 0 unspecified atom stereocenters. The third-order valence-corrected chi connectivity index (χ3v) is 0.884. The number of hydrogen-bond donors (Lipinski definition) is 0. The number of unbranched alkanes of at least 4 members (excludes halogenated alkanes) is 1. The highest BCUT2D eigenvalue weighted by Crippen LogP contribution is 1.80. The molecule has 0 aromatic heterocycles. The molecule has 0 spiro atoms. The highest BCUT2D eigenvalue weighted by Gasteiger charge is 1.74. The minimum absolute atomic E-state index is 1.15. The van der Waals surface area contributed by atoms with Crippen LogP contribution in [-0.2, 0) is 12.6 Å². The van der Waals surface area contributed by atoms with Crippen LogP contribution in [0.25, 0.3) is 0 Å². The summed E-state index contributed by atoms with van der Waals surface area (Å²) in [5.41, 5.74) is 0. The maximum Gasteiger partial charge on any atom is 0.103 e. The van der Waals surface area contributed by atoms with Crippen LogP contribution in [0.3, 0.4) is 0 Å². The highest BCUT2D eigenvalue weighted by atomic mass is 32.1. The van der Waals surface area contributed by atoms with Crippen LogP contribution < -0.4 is 0 Å². The Morgan fingerprint density at radius 3 is 2.20 bits per heavy atom. The second kappa shape index (κ2) is 4.35. The van der Waals surface area contributed by atoms with E-state index in [0.717, 1.165) is 5.75 Å². The fraction of sp³-hybridized carbons (Fsp3) is 1.00. The van der Waals surface area contributed by atoms with Crippen molar-refractivity contribution in [2.75, 3.05) is 5.75 Å². The number of hydrogen-bond acceptors (Lipinski definition) is 0. The van der Waals surface area contributed by atoms with Crippen LogP contribution in [0.15, 0.2) is 0 Å². The van der Waals surface area contributed by atoms with Gasteiger partial charge in [0.05, 0.1) is 0 Å². The number of rotatable bonds is 2. The lowest BCUT2D eigenvalue weighted by Gasteiger charge is -1.73. The molecule has 0 bridgehead atoms. The van der Waals surface area contributed by atoms with E-state index in [4.69, 9.17) is 0 Å². The average molecular weight is 91.2 g/mol. The minimum Gasteiger partial charge on any atom is -0.0652 e. The van der Waals surface area contributed by atoms with Crippen LogP contribution in [0.5, 0.6) is 0 Å². The van der Waals surface area contributed by atoms with Gasteiger partial charge in [-0.2, -0.15) is 0 Å². The van der Waals surface area contributed by atoms with Crippen LogP contribution in [0.2, 0.25) is 0 Å². The molecule has 32 valence electrons. The van der Waals surface area contributed by atoms with Crippen LogP contribution in [0.4, 0.5) is 0 Å². The molecule has 0 amide bonds. The van der Waals surface area contributed by atoms with Crippen molar-refractivity contribution in [1.29, 1.82) is 0 Å². The van der Waals surface area contributed by atoms with Gasteiger partial charge < -0.3 is 0 Å². The van der Waals surface area contributed by atoms with Gasteiger partial charge in [-0.15, -0.1) is 0 Å². The zero-order chi connectivity index (χ0) is 4.12. The molecule has 0 radical (unpaired) electrons. The molecule has 0 rings (SSSR count). The molecule has 1 heteroatoms. The Morgan fingerprint density at radius 2 is 2.20 bits per heavy atom. The van der Waals surface area contributed by atoms with Gasteiger partial charge in [0.25, 0.3) is 0 Å². The van der Waals surface area contributed by atoms with Crippen molar-refractivity contribution in [3.63, 3.8) is 0 Å². The average Bonchev–Trinajstić information content (AvgIpc) is 1.41. The summed E-state index contributed by atoms with van der Waals surface area (Å²) >= 11 is 3.35. The predicted molar refractivity (Wildman–Crippen MR) is 29.9 cm³/mol. The first kappa shape index (κ1) is 5.35. The van der Waals surface area contributed by atoms with Crippen LogP contribution in [0, 0.1) is 0 Å². The zero-order valence-electron chi connectivity index (χ0n) is 3.62. The van der Waals surface area contributed by atoms with Crippen molar-refractivity contribution in [3.05, 3.63) is 0 Å². The monoisotopic (exact) mass is 91.1 g/mol. The van der Waals surface area contributed by atoms with Crippen molar-refractivity contribution >= 4 is 12.6 Å². The highest BCUT2D eigenvalue weighted by molar-refractivity contribution is 7.58. The molecule has 5 heavy (non-hydrogen) atoms. The lowest BCUT2D eigenvalue weighted by Crippen LogP contribution is -1.71. The second-order valence-electron chi connectivity index (χ2n) is 1.10. The molecule has 0 aliphatic heterocycles. The van der Waals surface area contributed by atoms with Crippen molar-refractivity contribution < 1.29 is 0 Å². The molecule has 0 aliphatic carbocycles. The van der Waals surface area contributed by atoms with Crippen LogP contribution >= 0.6 is 0 Å². The first-order chi connectivity index (χ1) is 2.41. The lowest BCUT2D eigenvalue weighted by molar-refractivity contribution is 0.898. The van der Waals surface area contributed by atoms with Crippen molar-refractivity contribution in [3.8, 4) is 0 Å². The van der Waals surface area contributed by atoms with Gasteiger partial charge in [0, 0.05) is 0 Å². The molecule has 0 aromatic carbocycles. The summed E-state index contributed by atoms with van der Waals surface area (Å²) in [6.45, 7) is 2.18. The maximum absolute atomic E-state index is 3.35. The Bertz CT molecular complexity index is 11.1. The Hall–Kier alpha value is 0.350. The van der Waals surface area contributed by atoms with Crippen molar-refractivity contribution in [2.45, 2.75) is 19.8 Å². The van der Waals surface area contributed by atoms with Crippen molar-refractivity contribution in [1.82, 2.24) is 0 Å². The summed E-state index contributed by atoms with van der Waals surface area (Å²) in [6.07, 6.45) is 2.60. The molecule has 0 nitrogen and oxygen atoms in total. The molecule has 0 aliphatic rings. The van der Waals surface area contributed by atoms with E-state index in [-0.39, 0.29) is 0 Å². The summed E-state index contributed by atoms with van der Waals surface area (Å²) in [5.74, 6) is 1.15. The fourth-order valence-corrected chi connectivity index (χ4v) is 0.530. The van der Waals surface area contributed by atoms with E-state index >= 15 is 0 Å². The molecular formula is C4H11S+. The van der Waals surface area contributed by atoms with E-state index in [1.165, 1.54) is 12.8 Å². The first-order valence-electron chi connectivity index (χ1n) is 2.06. The minimum atomic E-state index is 1.15. The van der Waals surface area contributed by atoms with Gasteiger partial charge in [-0.05, 0) is 19.0 Å². The van der Waals surface area contributed by atoms with Gasteiger partial charge in [-0.25, -0.2) is 0 Å². The molecule has 0 saturated heterocycles. The second-order valence-corrected chi connectivity index (χ2v) is 1.60. The van der Waals surface area contributed by atoms with E-state index in [2.05, 4.69) is 19.6 Å². The zero-order valence-corrected chi connectivity index (χ0v) is 4.62. The summed E-state index contributed by atoms with van der Waals surface area (Å²) in [6, 6.07) is 0. The van der Waals surface area contributed by atoms with Crippen LogP contribution in [-0.4, -0.2) is 5.75 Å². The van der Waals surface area contributed by atoms with E-state index in [1.54, 1.807) is 0 Å². The summed E-state index contributed by atoms with van der Waals surface area (Å²) in [4.78, 5) is 0. The first-order valence-corrected chi connectivity index (χ1v) is 2.77. The van der Waals surface area contributed by atoms with Gasteiger partial charge in [0.1, 0.15) is 5.75 Å². The molecule has 0 N–H and O–H groups in total. The molecule has 0 heterocycles. The molecule has 0 atom stereocenters. The van der Waals surface area contributed by atoms with E-state index in [1.807, 2.05) is 0 Å². The third kappa shape index (κ3) is 4.35. The maximum atomic E-state index is 3.35. The molecular weight excluding hydrogens is 80.1 g/mol. The standard InChI is InChI=1S/C4H10S/c1-2-3-4-5/h5H,2-4H2,1H3/p+1. The van der Waals surface area contributed by atoms with Crippen molar-refractivity contribution in [2.24, 2.45) is 0 Å². The van der Waals surface area contributed by atoms with Crippen LogP contribution in [0.1, 0.15) is 19.8 Å². The topological polar surface area (TPSA) is 0 Å². The van der Waals surface area contributed by atoms with Gasteiger partial charge in [-0.1, -0.05) is 13.3 Å². The van der Waals surface area contributed by atoms with E-state index < -0.39 is 0 Å². The largest absolute Gasteiger partial charge is 0.103 e. The molecule has 0 saturated carbocycles.